The minimum atomic E-state index is -0.174. The fourth-order valence-electron chi connectivity index (χ4n) is 3.37. The zero-order valence-corrected chi connectivity index (χ0v) is 17.9. The van der Waals surface area contributed by atoms with Crippen LogP contribution in [0.4, 0.5) is 10.1 Å². The summed E-state index contributed by atoms with van der Waals surface area (Å²) in [6.45, 7) is 8.88. The molecule has 0 atom stereocenters. The Bertz CT molecular complexity index is 763. The van der Waals surface area contributed by atoms with E-state index in [-0.39, 0.29) is 36.5 Å². The van der Waals surface area contributed by atoms with Gasteiger partial charge in [0.15, 0.2) is 0 Å². The quantitative estimate of drug-likeness (QED) is 0.784. The van der Waals surface area contributed by atoms with Crippen LogP contribution in [-0.4, -0.2) is 37.0 Å². The smallest absolute Gasteiger partial charge is 0.217 e. The molecule has 0 saturated carbocycles. The Morgan fingerprint density at radius 1 is 1.00 bits per heavy atom. The predicted octanol–water partition coefficient (Wildman–Crippen LogP) is 3.94. The Labute approximate surface area is 178 Å². The summed E-state index contributed by atoms with van der Waals surface area (Å²) in [6, 6.07) is 13.4. The van der Waals surface area contributed by atoms with E-state index in [0.29, 0.717) is 6.54 Å². The van der Waals surface area contributed by atoms with E-state index in [1.807, 2.05) is 13.0 Å². The maximum absolute atomic E-state index is 13.3. The molecule has 3 rings (SSSR count). The summed E-state index contributed by atoms with van der Waals surface area (Å²) in [7, 11) is 0. The van der Waals surface area contributed by atoms with Gasteiger partial charge in [-0.1, -0.05) is 24.3 Å². The van der Waals surface area contributed by atoms with Gasteiger partial charge in [-0.3, -0.25) is 9.69 Å². The maximum atomic E-state index is 13.3. The van der Waals surface area contributed by atoms with Crippen molar-refractivity contribution in [2.45, 2.75) is 26.9 Å². The molecule has 7 heteroatoms. The van der Waals surface area contributed by atoms with Crippen molar-refractivity contribution in [1.29, 1.82) is 0 Å². The molecule has 0 bridgehead atoms. The fraction of sp³-hybridized carbons (Fsp3) is 0.381. The molecule has 1 heterocycles. The number of hydrogen-bond acceptors (Lipinski definition) is 3. The molecule has 28 heavy (non-hydrogen) atoms. The SMILES string of the molecule is CC(=O)NCc1ccc(CN2CCN(c3ccc(F)cc3C)CC2)cc1.Cl.Cl. The van der Waals surface area contributed by atoms with Crippen molar-refractivity contribution < 1.29 is 9.18 Å². The highest BCUT2D eigenvalue weighted by Gasteiger charge is 2.18. The summed E-state index contributed by atoms with van der Waals surface area (Å²) in [5, 5.41) is 2.81. The van der Waals surface area contributed by atoms with Crippen molar-refractivity contribution in [3.8, 4) is 0 Å². The summed E-state index contributed by atoms with van der Waals surface area (Å²) >= 11 is 0. The van der Waals surface area contributed by atoms with Crippen LogP contribution in [0.2, 0.25) is 0 Å². The molecule has 2 aromatic carbocycles. The molecule has 1 aliphatic heterocycles. The summed E-state index contributed by atoms with van der Waals surface area (Å²) in [6.07, 6.45) is 0. The summed E-state index contributed by atoms with van der Waals surface area (Å²) < 4.78 is 13.3. The number of carbonyl (C=O) groups is 1. The summed E-state index contributed by atoms with van der Waals surface area (Å²) in [5.74, 6) is -0.185. The zero-order chi connectivity index (χ0) is 18.5. The Morgan fingerprint density at radius 3 is 2.18 bits per heavy atom. The average molecular weight is 428 g/mol. The van der Waals surface area contributed by atoms with Gasteiger partial charge in [-0.2, -0.15) is 0 Å². The second-order valence-electron chi connectivity index (χ2n) is 6.92. The van der Waals surface area contributed by atoms with Crippen molar-refractivity contribution in [2.24, 2.45) is 0 Å². The van der Waals surface area contributed by atoms with Crippen LogP contribution in [0, 0.1) is 12.7 Å². The Kier molecular flexibility index (Phi) is 9.73. The van der Waals surface area contributed by atoms with E-state index in [2.05, 4.69) is 39.4 Å². The monoisotopic (exact) mass is 427 g/mol. The van der Waals surface area contributed by atoms with Gasteiger partial charge in [-0.15, -0.1) is 24.8 Å². The first-order valence-corrected chi connectivity index (χ1v) is 9.07. The minimum Gasteiger partial charge on any atom is -0.369 e. The fourth-order valence-corrected chi connectivity index (χ4v) is 3.37. The van der Waals surface area contributed by atoms with Gasteiger partial charge in [-0.05, 0) is 41.8 Å². The molecule has 154 valence electrons. The second kappa shape index (κ2) is 11.2. The van der Waals surface area contributed by atoms with Crippen LogP contribution >= 0.6 is 24.8 Å². The molecule has 0 aliphatic carbocycles. The maximum Gasteiger partial charge on any atom is 0.217 e. The molecule has 1 aliphatic rings. The molecule has 2 aromatic rings. The van der Waals surface area contributed by atoms with Gasteiger partial charge >= 0.3 is 0 Å². The molecular weight excluding hydrogens is 400 g/mol. The standard InChI is InChI=1S/C21H26FN3O.2ClH/c1-16-13-20(22)7-8-21(16)25-11-9-24(10-12-25)15-19-5-3-18(4-6-19)14-23-17(2)26;;/h3-8,13H,9-12,14-15H2,1-2H3,(H,23,26);2*1H. The van der Waals surface area contributed by atoms with E-state index < -0.39 is 0 Å². The number of benzene rings is 2. The second-order valence-corrected chi connectivity index (χ2v) is 6.92. The van der Waals surface area contributed by atoms with E-state index in [0.717, 1.165) is 49.5 Å². The number of nitrogens with one attached hydrogen (secondary N) is 1. The lowest BCUT2D eigenvalue weighted by Gasteiger charge is -2.36. The Hall–Kier alpha value is -1.82. The molecule has 0 aromatic heterocycles. The topological polar surface area (TPSA) is 35.6 Å². The van der Waals surface area contributed by atoms with E-state index in [4.69, 9.17) is 0 Å². The summed E-state index contributed by atoms with van der Waals surface area (Å²) in [4.78, 5) is 15.8. The number of hydrogen-bond donors (Lipinski definition) is 1. The third kappa shape index (κ3) is 6.66. The van der Waals surface area contributed by atoms with Crippen molar-refractivity contribution in [3.63, 3.8) is 0 Å². The number of rotatable bonds is 5. The van der Waals surface area contributed by atoms with Crippen LogP contribution in [0.25, 0.3) is 0 Å². The van der Waals surface area contributed by atoms with Crippen molar-refractivity contribution in [2.75, 3.05) is 31.1 Å². The molecular formula is C21H28Cl2FN3O. The van der Waals surface area contributed by atoms with Gasteiger partial charge < -0.3 is 10.2 Å². The van der Waals surface area contributed by atoms with Gasteiger partial charge in [0.25, 0.3) is 0 Å². The molecule has 4 nitrogen and oxygen atoms in total. The molecule has 0 spiro atoms. The van der Waals surface area contributed by atoms with Crippen LogP contribution in [0.3, 0.4) is 0 Å². The Balaban J connectivity index is 0.00000196. The largest absolute Gasteiger partial charge is 0.369 e. The van der Waals surface area contributed by atoms with Crippen molar-refractivity contribution in [1.82, 2.24) is 10.2 Å². The first-order valence-electron chi connectivity index (χ1n) is 9.07. The van der Waals surface area contributed by atoms with Crippen LogP contribution < -0.4 is 10.2 Å². The molecule has 1 saturated heterocycles. The molecule has 1 fully saturated rings. The predicted molar refractivity (Wildman–Crippen MR) is 117 cm³/mol. The van der Waals surface area contributed by atoms with Crippen LogP contribution in [-0.2, 0) is 17.9 Å². The number of piperazine rings is 1. The van der Waals surface area contributed by atoms with Gasteiger partial charge in [0.2, 0.25) is 5.91 Å². The highest BCUT2D eigenvalue weighted by Crippen LogP contribution is 2.22. The molecule has 0 radical (unpaired) electrons. The van der Waals surface area contributed by atoms with Crippen LogP contribution in [0.1, 0.15) is 23.6 Å². The lowest BCUT2D eigenvalue weighted by Crippen LogP contribution is -2.46. The average Bonchev–Trinajstić information content (AvgIpc) is 2.62. The minimum absolute atomic E-state index is 0. The lowest BCUT2D eigenvalue weighted by molar-refractivity contribution is -0.119. The third-order valence-electron chi connectivity index (χ3n) is 4.84. The summed E-state index contributed by atoms with van der Waals surface area (Å²) in [5.41, 5.74) is 4.52. The first-order chi connectivity index (χ1) is 12.5. The van der Waals surface area contributed by atoms with Crippen LogP contribution in [0.15, 0.2) is 42.5 Å². The molecule has 1 amide bonds. The van der Waals surface area contributed by atoms with Crippen molar-refractivity contribution in [3.05, 3.63) is 65.0 Å². The number of aryl methyl sites for hydroxylation is 1. The molecule has 1 N–H and O–H groups in total. The van der Waals surface area contributed by atoms with Crippen molar-refractivity contribution >= 4 is 36.4 Å². The van der Waals surface area contributed by atoms with Gasteiger partial charge in [0.1, 0.15) is 5.82 Å². The van der Waals surface area contributed by atoms with Gasteiger partial charge in [-0.25, -0.2) is 4.39 Å². The number of nitrogens with zero attached hydrogens (tertiary/aromatic N) is 2. The first kappa shape index (κ1) is 24.2. The highest BCUT2D eigenvalue weighted by molar-refractivity contribution is 5.85. The van der Waals surface area contributed by atoms with Gasteiger partial charge in [0, 0.05) is 51.9 Å². The highest BCUT2D eigenvalue weighted by atomic mass is 35.5. The van der Waals surface area contributed by atoms with Crippen LogP contribution in [0.5, 0.6) is 0 Å². The number of halogens is 3. The van der Waals surface area contributed by atoms with E-state index in [1.54, 1.807) is 6.07 Å². The third-order valence-corrected chi connectivity index (χ3v) is 4.84. The zero-order valence-electron chi connectivity index (χ0n) is 16.3. The number of anilines is 1. The lowest BCUT2D eigenvalue weighted by atomic mass is 10.1. The normalized spacial score (nSPS) is 14.0. The number of amides is 1. The van der Waals surface area contributed by atoms with E-state index in [9.17, 15) is 9.18 Å². The molecule has 0 unspecified atom stereocenters. The number of carbonyl (C=O) groups excluding carboxylic acids is 1. The van der Waals surface area contributed by atoms with E-state index in [1.165, 1.54) is 18.6 Å². The van der Waals surface area contributed by atoms with Gasteiger partial charge in [0.05, 0.1) is 0 Å². The Morgan fingerprint density at radius 2 is 1.61 bits per heavy atom. The van der Waals surface area contributed by atoms with E-state index >= 15 is 0 Å².